The van der Waals surface area contributed by atoms with Crippen molar-refractivity contribution in [2.75, 3.05) is 13.2 Å². The Morgan fingerprint density at radius 2 is 0.468 bits per heavy atom. The standard InChI is InChI=1S/C71H132O6/c1-4-7-10-13-16-19-21-23-25-27-29-31-33-34-35-36-38-39-41-43-45-47-49-52-55-58-61-64-70(73)76-67-68(66-75-69(72)63-60-57-54-51-18-15-12-9-6-3)77-71(74)65-62-59-56-53-50-48-46-44-42-40-37-32-30-28-26-24-22-20-17-14-11-8-5-2/h22,24,28,30,37,40,68H,4-21,23,25-27,29,31-36,38-39,41-67H2,1-3H3/b24-22-,30-28-,40-37-. The number of allylic oxidation sites excluding steroid dienone is 6. The first kappa shape index (κ1) is 74.6. The number of rotatable bonds is 64. The second kappa shape index (κ2) is 66.1. The Labute approximate surface area is 480 Å². The molecule has 6 heteroatoms. The third-order valence-corrected chi connectivity index (χ3v) is 15.6. The van der Waals surface area contributed by atoms with Crippen molar-refractivity contribution in [2.24, 2.45) is 0 Å². The van der Waals surface area contributed by atoms with E-state index in [9.17, 15) is 14.4 Å². The highest BCUT2D eigenvalue weighted by molar-refractivity contribution is 5.71. The minimum absolute atomic E-state index is 0.0700. The Morgan fingerprint density at radius 1 is 0.260 bits per heavy atom. The van der Waals surface area contributed by atoms with Crippen LogP contribution < -0.4 is 0 Å². The highest BCUT2D eigenvalue weighted by Crippen LogP contribution is 2.18. The molecular formula is C71H132O6. The van der Waals surface area contributed by atoms with Gasteiger partial charge in [-0.25, -0.2) is 0 Å². The van der Waals surface area contributed by atoms with Gasteiger partial charge in [0.15, 0.2) is 6.10 Å². The van der Waals surface area contributed by atoms with Crippen molar-refractivity contribution in [1.82, 2.24) is 0 Å². The van der Waals surface area contributed by atoms with Crippen molar-refractivity contribution in [1.29, 1.82) is 0 Å². The molecule has 0 aromatic carbocycles. The molecule has 77 heavy (non-hydrogen) atoms. The molecule has 0 aromatic rings. The van der Waals surface area contributed by atoms with E-state index in [0.29, 0.717) is 19.3 Å². The van der Waals surface area contributed by atoms with Crippen LogP contribution in [-0.2, 0) is 28.6 Å². The van der Waals surface area contributed by atoms with E-state index in [1.807, 2.05) is 0 Å². The zero-order valence-corrected chi connectivity index (χ0v) is 52.0. The molecule has 0 aliphatic heterocycles. The van der Waals surface area contributed by atoms with Crippen LogP contribution in [0.3, 0.4) is 0 Å². The van der Waals surface area contributed by atoms with E-state index in [2.05, 4.69) is 57.2 Å². The average Bonchev–Trinajstić information content (AvgIpc) is 3.43. The fourth-order valence-corrected chi connectivity index (χ4v) is 10.5. The third kappa shape index (κ3) is 64.3. The Morgan fingerprint density at radius 3 is 0.727 bits per heavy atom. The predicted molar refractivity (Wildman–Crippen MR) is 335 cm³/mol. The molecule has 0 amide bonds. The van der Waals surface area contributed by atoms with Crippen LogP contribution in [0, 0.1) is 0 Å². The van der Waals surface area contributed by atoms with Gasteiger partial charge in [-0.1, -0.05) is 340 Å². The quantitative estimate of drug-likeness (QED) is 0.0261. The number of carbonyl (C=O) groups is 3. The minimum atomic E-state index is -0.773. The zero-order chi connectivity index (χ0) is 55.7. The largest absolute Gasteiger partial charge is 0.462 e. The zero-order valence-electron chi connectivity index (χ0n) is 52.0. The van der Waals surface area contributed by atoms with Crippen LogP contribution in [-0.4, -0.2) is 37.2 Å². The first-order valence-corrected chi connectivity index (χ1v) is 34.5. The molecule has 0 saturated carbocycles. The first-order valence-electron chi connectivity index (χ1n) is 34.5. The number of esters is 3. The Bertz CT molecular complexity index is 1290. The van der Waals surface area contributed by atoms with Gasteiger partial charge in [-0.2, -0.15) is 0 Å². The Balaban J connectivity index is 4.13. The molecule has 0 aliphatic carbocycles. The lowest BCUT2D eigenvalue weighted by molar-refractivity contribution is -0.167. The van der Waals surface area contributed by atoms with Gasteiger partial charge in [0.25, 0.3) is 0 Å². The van der Waals surface area contributed by atoms with Crippen molar-refractivity contribution in [3.8, 4) is 0 Å². The van der Waals surface area contributed by atoms with Crippen molar-refractivity contribution >= 4 is 17.9 Å². The highest BCUT2D eigenvalue weighted by atomic mass is 16.6. The Hall–Kier alpha value is -2.37. The van der Waals surface area contributed by atoms with Crippen LogP contribution in [0.4, 0.5) is 0 Å². The first-order chi connectivity index (χ1) is 38.0. The molecule has 0 fully saturated rings. The van der Waals surface area contributed by atoms with Gasteiger partial charge in [0.2, 0.25) is 0 Å². The summed E-state index contributed by atoms with van der Waals surface area (Å²) in [5, 5.41) is 0. The van der Waals surface area contributed by atoms with Gasteiger partial charge in [-0.05, 0) is 57.8 Å². The van der Waals surface area contributed by atoms with E-state index in [-0.39, 0.29) is 31.1 Å². The van der Waals surface area contributed by atoms with Crippen LogP contribution in [0.15, 0.2) is 36.5 Å². The van der Waals surface area contributed by atoms with Gasteiger partial charge >= 0.3 is 17.9 Å². The molecule has 1 atom stereocenters. The minimum Gasteiger partial charge on any atom is -0.462 e. The summed E-state index contributed by atoms with van der Waals surface area (Å²) in [6, 6.07) is 0. The topological polar surface area (TPSA) is 78.9 Å². The Kier molecular flexibility index (Phi) is 64.1. The fraction of sp³-hybridized carbons (Fsp3) is 0.873. The summed E-state index contributed by atoms with van der Waals surface area (Å²) in [5.41, 5.74) is 0. The number of hydrogen-bond acceptors (Lipinski definition) is 6. The average molecular weight is 1080 g/mol. The molecule has 0 N–H and O–H groups in total. The van der Waals surface area contributed by atoms with E-state index in [1.165, 1.54) is 263 Å². The van der Waals surface area contributed by atoms with Crippen molar-refractivity contribution in [2.45, 2.75) is 386 Å². The number of unbranched alkanes of at least 4 members (excludes halogenated alkanes) is 47. The summed E-state index contributed by atoms with van der Waals surface area (Å²) in [6.45, 7) is 6.67. The number of hydrogen-bond donors (Lipinski definition) is 0. The molecule has 0 bridgehead atoms. The third-order valence-electron chi connectivity index (χ3n) is 15.6. The van der Waals surface area contributed by atoms with Gasteiger partial charge in [-0.3, -0.25) is 14.4 Å². The maximum Gasteiger partial charge on any atom is 0.306 e. The summed E-state index contributed by atoms with van der Waals surface area (Å²) in [7, 11) is 0. The van der Waals surface area contributed by atoms with E-state index < -0.39 is 6.10 Å². The summed E-state index contributed by atoms with van der Waals surface area (Å²) in [5.74, 6) is -0.855. The summed E-state index contributed by atoms with van der Waals surface area (Å²) in [4.78, 5) is 38.2. The second-order valence-electron chi connectivity index (χ2n) is 23.5. The van der Waals surface area contributed by atoms with E-state index in [4.69, 9.17) is 14.2 Å². The van der Waals surface area contributed by atoms with Gasteiger partial charge < -0.3 is 14.2 Å². The van der Waals surface area contributed by atoms with E-state index >= 15 is 0 Å². The summed E-state index contributed by atoms with van der Waals surface area (Å²) >= 11 is 0. The van der Waals surface area contributed by atoms with E-state index in [0.717, 1.165) is 77.0 Å². The van der Waals surface area contributed by atoms with Gasteiger partial charge in [0.1, 0.15) is 13.2 Å². The van der Waals surface area contributed by atoms with Crippen LogP contribution in [0.2, 0.25) is 0 Å². The second-order valence-corrected chi connectivity index (χ2v) is 23.5. The number of ether oxygens (including phenoxy) is 3. The molecule has 0 aliphatic rings. The molecule has 0 aromatic heterocycles. The maximum absolute atomic E-state index is 12.9. The highest BCUT2D eigenvalue weighted by Gasteiger charge is 2.19. The summed E-state index contributed by atoms with van der Waals surface area (Å²) in [6.07, 6.45) is 81.9. The molecule has 452 valence electrons. The lowest BCUT2D eigenvalue weighted by atomic mass is 10.0. The summed E-state index contributed by atoms with van der Waals surface area (Å²) < 4.78 is 16.9. The van der Waals surface area contributed by atoms with Crippen molar-refractivity contribution < 1.29 is 28.6 Å². The molecular weight excluding hydrogens is 949 g/mol. The lowest BCUT2D eigenvalue weighted by Crippen LogP contribution is -2.30. The van der Waals surface area contributed by atoms with Gasteiger partial charge in [0, 0.05) is 19.3 Å². The monoisotopic (exact) mass is 1080 g/mol. The van der Waals surface area contributed by atoms with Gasteiger partial charge in [-0.15, -0.1) is 0 Å². The van der Waals surface area contributed by atoms with E-state index in [1.54, 1.807) is 0 Å². The maximum atomic E-state index is 12.9. The smallest absolute Gasteiger partial charge is 0.306 e. The lowest BCUT2D eigenvalue weighted by Gasteiger charge is -2.18. The van der Waals surface area contributed by atoms with Crippen LogP contribution in [0.25, 0.3) is 0 Å². The normalized spacial score (nSPS) is 12.2. The number of carbonyl (C=O) groups excluding carboxylic acids is 3. The molecule has 0 saturated heterocycles. The fourth-order valence-electron chi connectivity index (χ4n) is 10.5. The van der Waals surface area contributed by atoms with Crippen molar-refractivity contribution in [3.05, 3.63) is 36.5 Å². The molecule has 6 nitrogen and oxygen atoms in total. The SMILES string of the molecule is CCCCCCC/C=C\C/C=C\C/C=C\CCCCCCCCCCC(=O)OC(COC(=O)CCCCCCCCCCC)COC(=O)CCCCCCCCCCCCCCCCCCCCCCCCCCCCC. The molecule has 0 spiro atoms. The van der Waals surface area contributed by atoms with Crippen molar-refractivity contribution in [3.63, 3.8) is 0 Å². The van der Waals surface area contributed by atoms with Crippen LogP contribution >= 0.6 is 0 Å². The van der Waals surface area contributed by atoms with Crippen LogP contribution in [0.5, 0.6) is 0 Å². The molecule has 0 rings (SSSR count). The predicted octanol–water partition coefficient (Wildman–Crippen LogP) is 23.6. The molecule has 0 heterocycles. The van der Waals surface area contributed by atoms with Crippen LogP contribution in [0.1, 0.15) is 380 Å². The van der Waals surface area contributed by atoms with Gasteiger partial charge in [0.05, 0.1) is 0 Å². The molecule has 0 radical (unpaired) electrons. The molecule has 1 unspecified atom stereocenters.